The Morgan fingerprint density at radius 1 is 1.25 bits per heavy atom. The summed E-state index contributed by atoms with van der Waals surface area (Å²) in [5.74, 6) is -1.56. The highest BCUT2D eigenvalue weighted by atomic mass is 16.5. The minimum absolute atomic E-state index is 0.0714. The fourth-order valence-electron chi connectivity index (χ4n) is 2.78. The van der Waals surface area contributed by atoms with Gasteiger partial charge in [-0.1, -0.05) is 0 Å². The molecule has 2 saturated heterocycles. The van der Waals surface area contributed by atoms with Crippen LogP contribution in [0.2, 0.25) is 0 Å². The molecule has 0 spiro atoms. The van der Waals surface area contributed by atoms with Gasteiger partial charge in [-0.05, 0) is 13.3 Å². The number of aliphatic carboxylic acids is 1. The van der Waals surface area contributed by atoms with Crippen LogP contribution in [0.15, 0.2) is 0 Å². The molecule has 114 valence electrons. The third-order valence-electron chi connectivity index (χ3n) is 4.11. The molecule has 2 aliphatic heterocycles. The van der Waals surface area contributed by atoms with Crippen molar-refractivity contribution >= 4 is 12.0 Å². The first-order valence-electron chi connectivity index (χ1n) is 6.98. The van der Waals surface area contributed by atoms with Gasteiger partial charge in [-0.3, -0.25) is 4.79 Å². The molecule has 2 fully saturated rings. The number of urea groups is 1. The molecule has 0 bridgehead atoms. The van der Waals surface area contributed by atoms with E-state index in [2.05, 4.69) is 0 Å². The summed E-state index contributed by atoms with van der Waals surface area (Å²) in [6.07, 6.45) is 0.823. The van der Waals surface area contributed by atoms with E-state index in [4.69, 9.17) is 9.47 Å². The van der Waals surface area contributed by atoms with E-state index < -0.39 is 17.9 Å². The van der Waals surface area contributed by atoms with Crippen LogP contribution < -0.4 is 0 Å². The van der Waals surface area contributed by atoms with Crippen molar-refractivity contribution in [3.8, 4) is 0 Å². The Hall–Kier alpha value is -1.34. The highest BCUT2D eigenvalue weighted by Gasteiger charge is 2.41. The third-order valence-corrected chi connectivity index (χ3v) is 4.11. The predicted octanol–water partition coefficient (Wildman–Crippen LogP) is 0.249. The molecule has 3 atom stereocenters. The molecule has 2 heterocycles. The molecule has 1 N–H and O–H groups in total. The van der Waals surface area contributed by atoms with Crippen LogP contribution in [-0.4, -0.2) is 79.0 Å². The lowest BCUT2D eigenvalue weighted by Gasteiger charge is -2.35. The molecule has 2 rings (SSSR count). The maximum Gasteiger partial charge on any atom is 0.320 e. The van der Waals surface area contributed by atoms with Gasteiger partial charge in [-0.2, -0.15) is 0 Å². The number of carbonyl (C=O) groups is 2. The molecule has 7 heteroatoms. The molecule has 3 unspecified atom stereocenters. The maximum absolute atomic E-state index is 12.6. The summed E-state index contributed by atoms with van der Waals surface area (Å²) in [6, 6.07) is -0.471. The van der Waals surface area contributed by atoms with Gasteiger partial charge in [0.15, 0.2) is 0 Å². The monoisotopic (exact) mass is 286 g/mol. The van der Waals surface area contributed by atoms with E-state index in [0.717, 1.165) is 6.42 Å². The first-order valence-corrected chi connectivity index (χ1v) is 6.98. The van der Waals surface area contributed by atoms with Gasteiger partial charge in [0, 0.05) is 20.2 Å². The number of likely N-dealkylation sites (N-methyl/N-ethyl adjacent to an activating group) is 2. The topological polar surface area (TPSA) is 79.3 Å². The number of nitrogens with zero attached hydrogens (tertiary/aromatic N) is 2. The molecule has 0 aromatic rings. The zero-order chi connectivity index (χ0) is 14.7. The molecule has 20 heavy (non-hydrogen) atoms. The number of ether oxygens (including phenoxy) is 2. The summed E-state index contributed by atoms with van der Waals surface area (Å²) in [6.45, 7) is 3.98. The van der Waals surface area contributed by atoms with Gasteiger partial charge in [0.25, 0.3) is 0 Å². The Kier molecular flexibility index (Phi) is 4.82. The normalized spacial score (nSPS) is 29.4. The first-order chi connectivity index (χ1) is 9.56. The molecule has 2 amide bonds. The second-order valence-electron chi connectivity index (χ2n) is 5.25. The Labute approximate surface area is 118 Å². The second-order valence-corrected chi connectivity index (χ2v) is 5.25. The molecule has 0 radical (unpaired) electrons. The summed E-state index contributed by atoms with van der Waals surface area (Å²) in [5, 5.41) is 9.21. The minimum atomic E-state index is -0.911. The summed E-state index contributed by atoms with van der Waals surface area (Å²) >= 11 is 0. The smallest absolute Gasteiger partial charge is 0.320 e. The zero-order valence-corrected chi connectivity index (χ0v) is 11.9. The molecular weight excluding hydrogens is 264 g/mol. The predicted molar refractivity (Wildman–Crippen MR) is 70.5 cm³/mol. The largest absolute Gasteiger partial charge is 0.481 e. The van der Waals surface area contributed by atoms with Crippen LogP contribution in [-0.2, 0) is 14.3 Å². The van der Waals surface area contributed by atoms with Gasteiger partial charge in [0.1, 0.15) is 5.92 Å². The summed E-state index contributed by atoms with van der Waals surface area (Å²) < 4.78 is 10.5. The van der Waals surface area contributed by atoms with Crippen LogP contribution >= 0.6 is 0 Å². The molecule has 0 aliphatic carbocycles. The van der Waals surface area contributed by atoms with E-state index in [-0.39, 0.29) is 25.3 Å². The number of hydrogen-bond donors (Lipinski definition) is 1. The number of amides is 2. The summed E-state index contributed by atoms with van der Waals surface area (Å²) in [4.78, 5) is 27.1. The van der Waals surface area contributed by atoms with Gasteiger partial charge in [0.05, 0.1) is 31.9 Å². The fraction of sp³-hybridized carbons (Fsp3) is 0.846. The van der Waals surface area contributed by atoms with Crippen molar-refractivity contribution in [1.82, 2.24) is 9.80 Å². The lowest BCUT2D eigenvalue weighted by atomic mass is 10.0. The van der Waals surface area contributed by atoms with Gasteiger partial charge in [-0.15, -0.1) is 0 Å². The van der Waals surface area contributed by atoms with Gasteiger partial charge in [0.2, 0.25) is 0 Å². The van der Waals surface area contributed by atoms with Crippen LogP contribution in [0.5, 0.6) is 0 Å². The van der Waals surface area contributed by atoms with E-state index in [1.807, 2.05) is 6.92 Å². The van der Waals surface area contributed by atoms with E-state index >= 15 is 0 Å². The average molecular weight is 286 g/mol. The minimum Gasteiger partial charge on any atom is -0.481 e. The van der Waals surface area contributed by atoms with Crippen molar-refractivity contribution in [3.63, 3.8) is 0 Å². The van der Waals surface area contributed by atoms with Gasteiger partial charge in [-0.25, -0.2) is 4.79 Å². The summed E-state index contributed by atoms with van der Waals surface area (Å²) in [5.41, 5.74) is 0. The van der Waals surface area contributed by atoms with Crippen molar-refractivity contribution in [2.45, 2.75) is 25.4 Å². The number of hydrogen-bond acceptors (Lipinski definition) is 4. The lowest BCUT2D eigenvalue weighted by molar-refractivity contribution is -0.142. The SMILES string of the molecule is CCN(C(=O)N(C)C1CCOC1)C1COCC1C(=O)O. The molecular formula is C13H22N2O5. The van der Waals surface area contributed by atoms with Crippen molar-refractivity contribution in [2.75, 3.05) is 40.0 Å². The van der Waals surface area contributed by atoms with Crippen LogP contribution in [0, 0.1) is 5.92 Å². The Morgan fingerprint density at radius 2 is 2.00 bits per heavy atom. The van der Waals surface area contributed by atoms with Crippen LogP contribution in [0.4, 0.5) is 4.79 Å². The van der Waals surface area contributed by atoms with Gasteiger partial charge >= 0.3 is 12.0 Å². The first kappa shape index (κ1) is 15.1. The average Bonchev–Trinajstić information content (AvgIpc) is 3.09. The highest BCUT2D eigenvalue weighted by molar-refractivity contribution is 5.77. The molecule has 0 saturated carbocycles. The van der Waals surface area contributed by atoms with Crippen molar-refractivity contribution in [2.24, 2.45) is 5.92 Å². The van der Waals surface area contributed by atoms with Gasteiger partial charge < -0.3 is 24.4 Å². The Balaban J connectivity index is 2.06. The zero-order valence-electron chi connectivity index (χ0n) is 11.9. The Morgan fingerprint density at radius 3 is 2.55 bits per heavy atom. The maximum atomic E-state index is 12.6. The van der Waals surface area contributed by atoms with E-state index in [9.17, 15) is 14.7 Å². The van der Waals surface area contributed by atoms with E-state index in [0.29, 0.717) is 19.8 Å². The van der Waals surface area contributed by atoms with E-state index in [1.54, 1.807) is 16.8 Å². The third kappa shape index (κ3) is 2.88. The highest BCUT2D eigenvalue weighted by Crippen LogP contribution is 2.22. The second kappa shape index (κ2) is 6.41. The number of carboxylic acid groups (broad SMARTS) is 1. The molecule has 0 aromatic heterocycles. The van der Waals surface area contributed by atoms with Crippen LogP contribution in [0.1, 0.15) is 13.3 Å². The van der Waals surface area contributed by atoms with Crippen molar-refractivity contribution in [3.05, 3.63) is 0 Å². The molecule has 2 aliphatic rings. The lowest BCUT2D eigenvalue weighted by Crippen LogP contribution is -2.53. The molecule has 7 nitrogen and oxygen atoms in total. The van der Waals surface area contributed by atoms with E-state index in [1.165, 1.54) is 0 Å². The quantitative estimate of drug-likeness (QED) is 0.801. The fourth-order valence-corrected chi connectivity index (χ4v) is 2.78. The summed E-state index contributed by atoms with van der Waals surface area (Å²) in [7, 11) is 1.75. The number of carboxylic acids is 1. The van der Waals surface area contributed by atoms with Crippen LogP contribution in [0.3, 0.4) is 0 Å². The molecule has 0 aromatic carbocycles. The van der Waals surface area contributed by atoms with Crippen molar-refractivity contribution < 1.29 is 24.2 Å². The Bertz CT molecular complexity index is 370. The van der Waals surface area contributed by atoms with Crippen LogP contribution in [0.25, 0.3) is 0 Å². The number of rotatable bonds is 4. The standard InChI is InChI=1S/C13H22N2O5/c1-3-15(11-8-20-7-10(11)12(16)17)13(18)14(2)9-4-5-19-6-9/h9-11H,3-8H2,1-2H3,(H,16,17). The number of carbonyl (C=O) groups excluding carboxylic acids is 1. The van der Waals surface area contributed by atoms with Crippen molar-refractivity contribution in [1.29, 1.82) is 0 Å².